The fourth-order valence-electron chi connectivity index (χ4n) is 4.82. The molecule has 0 aliphatic carbocycles. The molecule has 8 nitrogen and oxygen atoms in total. The molecule has 2 aromatic carbocycles. The molecule has 2 aliphatic heterocycles. The Labute approximate surface area is 216 Å². The molecule has 3 atom stereocenters. The number of nitrogen functional groups attached to an aromatic ring is 1. The number of anilines is 1. The van der Waals surface area contributed by atoms with Crippen molar-refractivity contribution in [1.29, 1.82) is 0 Å². The first-order valence-electron chi connectivity index (χ1n) is 11.5. The predicted molar refractivity (Wildman–Crippen MR) is 139 cm³/mol. The highest BCUT2D eigenvalue weighted by atomic mass is 35.5. The lowest BCUT2D eigenvalue weighted by molar-refractivity contribution is 0.129. The summed E-state index contributed by atoms with van der Waals surface area (Å²) >= 11 is 12.5. The summed E-state index contributed by atoms with van der Waals surface area (Å²) in [5, 5.41) is 0.949. The van der Waals surface area contributed by atoms with Crippen LogP contribution in [-0.2, 0) is 10.0 Å². The second-order valence-corrected chi connectivity index (χ2v) is 12.0. The van der Waals surface area contributed by atoms with Gasteiger partial charge in [0, 0.05) is 56.8 Å². The van der Waals surface area contributed by atoms with Gasteiger partial charge >= 0.3 is 6.03 Å². The van der Waals surface area contributed by atoms with E-state index in [0.29, 0.717) is 60.8 Å². The molecule has 4 rings (SSSR count). The molecule has 2 fully saturated rings. The lowest BCUT2D eigenvalue weighted by Gasteiger charge is -2.35. The van der Waals surface area contributed by atoms with Crippen LogP contribution in [-0.4, -0.2) is 80.2 Å². The molecule has 0 bridgehead atoms. The molecule has 0 radical (unpaired) electrons. The maximum Gasteiger partial charge on any atom is 0.320 e. The molecule has 2 aliphatic rings. The van der Waals surface area contributed by atoms with Gasteiger partial charge in [-0.2, -0.15) is 4.31 Å². The molecule has 2 saturated heterocycles. The number of urea groups is 1. The van der Waals surface area contributed by atoms with E-state index in [1.165, 1.54) is 10.6 Å². The van der Waals surface area contributed by atoms with Crippen LogP contribution in [0.5, 0.6) is 5.75 Å². The second-order valence-electron chi connectivity index (χ2n) is 9.17. The number of ether oxygens (including phenoxy) is 1. The van der Waals surface area contributed by atoms with Crippen LogP contribution in [0.15, 0.2) is 42.5 Å². The number of piperazine rings is 1. The Kier molecular flexibility index (Phi) is 7.71. The second kappa shape index (κ2) is 10.4. The minimum atomic E-state index is -3.26. The number of hydrogen-bond acceptors (Lipinski definition) is 5. The molecule has 190 valence electrons. The average Bonchev–Trinajstić information content (AvgIpc) is 3.27. The normalized spacial score (nSPS) is 22.3. The summed E-state index contributed by atoms with van der Waals surface area (Å²) in [6.07, 6.45) is 0.998. The first kappa shape index (κ1) is 25.9. The third-order valence-electron chi connectivity index (χ3n) is 6.79. The van der Waals surface area contributed by atoms with Gasteiger partial charge in [-0.05, 0) is 48.9 Å². The van der Waals surface area contributed by atoms with E-state index >= 15 is 0 Å². The van der Waals surface area contributed by atoms with Gasteiger partial charge in [-0.3, -0.25) is 0 Å². The molecule has 2 aromatic rings. The standard InChI is InChI=1S/C24H30Cl2N4O4S/c1-16(34-19-6-4-18(27)5-7-19)20-14-29(15-21(20)17-3-8-22(25)23(26)13-17)24(31)28-9-11-30(12-10-28)35(2,32)33/h3-8,13,16,20-21H,9-12,14-15,27H2,1-2H3/t16-,20+,21+/m1/s1. The zero-order valence-corrected chi connectivity index (χ0v) is 22.1. The van der Waals surface area contributed by atoms with Crippen LogP contribution in [0.1, 0.15) is 18.4 Å². The summed E-state index contributed by atoms with van der Waals surface area (Å²) in [7, 11) is -3.26. The van der Waals surface area contributed by atoms with Crippen molar-refractivity contribution in [2.24, 2.45) is 5.92 Å². The van der Waals surface area contributed by atoms with Crippen LogP contribution in [0.3, 0.4) is 0 Å². The summed E-state index contributed by atoms with van der Waals surface area (Å²) in [5.74, 6) is 0.710. The van der Waals surface area contributed by atoms with Crippen LogP contribution in [0, 0.1) is 5.92 Å². The Morgan fingerprint density at radius 1 is 1.00 bits per heavy atom. The molecule has 0 aromatic heterocycles. The molecular weight excluding hydrogens is 511 g/mol. The van der Waals surface area contributed by atoms with E-state index < -0.39 is 10.0 Å². The average molecular weight is 542 g/mol. The van der Waals surface area contributed by atoms with Gasteiger partial charge in [0.15, 0.2) is 0 Å². The van der Waals surface area contributed by atoms with Crippen LogP contribution in [0.25, 0.3) is 0 Å². The minimum absolute atomic E-state index is 0.00481. The van der Waals surface area contributed by atoms with Crippen molar-refractivity contribution in [3.05, 3.63) is 58.1 Å². The quantitative estimate of drug-likeness (QED) is 0.582. The zero-order chi connectivity index (χ0) is 25.3. The van der Waals surface area contributed by atoms with E-state index in [0.717, 1.165) is 5.56 Å². The summed E-state index contributed by atoms with van der Waals surface area (Å²) < 4.78 is 31.3. The summed E-state index contributed by atoms with van der Waals surface area (Å²) in [5.41, 5.74) is 7.45. The topological polar surface area (TPSA) is 96.2 Å². The molecule has 2 heterocycles. The number of likely N-dealkylation sites (tertiary alicyclic amines) is 1. The molecule has 35 heavy (non-hydrogen) atoms. The fraction of sp³-hybridized carbons (Fsp3) is 0.458. The monoisotopic (exact) mass is 540 g/mol. The third kappa shape index (κ3) is 5.97. The molecule has 2 N–H and O–H groups in total. The maximum atomic E-state index is 13.4. The van der Waals surface area contributed by atoms with E-state index in [2.05, 4.69) is 0 Å². The maximum absolute atomic E-state index is 13.4. The number of halogens is 2. The van der Waals surface area contributed by atoms with Gasteiger partial charge in [-0.1, -0.05) is 29.3 Å². The molecule has 2 amide bonds. The van der Waals surface area contributed by atoms with Gasteiger partial charge < -0.3 is 20.3 Å². The molecule has 0 unspecified atom stereocenters. The number of hydrogen-bond donors (Lipinski definition) is 1. The Hall–Kier alpha value is -2.20. The lowest BCUT2D eigenvalue weighted by atomic mass is 9.85. The van der Waals surface area contributed by atoms with Crippen molar-refractivity contribution in [3.8, 4) is 5.75 Å². The number of carbonyl (C=O) groups is 1. The van der Waals surface area contributed by atoms with Crippen molar-refractivity contribution >= 4 is 44.9 Å². The van der Waals surface area contributed by atoms with Gasteiger partial charge in [0.05, 0.1) is 16.3 Å². The van der Waals surface area contributed by atoms with Crippen molar-refractivity contribution < 1.29 is 17.9 Å². The van der Waals surface area contributed by atoms with Crippen LogP contribution < -0.4 is 10.5 Å². The molecule has 0 saturated carbocycles. The fourth-order valence-corrected chi connectivity index (χ4v) is 5.95. The SMILES string of the molecule is C[C@@H](Oc1ccc(N)cc1)[C@@H]1CN(C(=O)N2CCN(S(C)(=O)=O)CC2)C[C@H]1c1ccc(Cl)c(Cl)c1. The molecular formula is C24H30Cl2N4O4S. The predicted octanol–water partition coefficient (Wildman–Crippen LogP) is 3.76. The first-order chi connectivity index (χ1) is 16.5. The first-order valence-corrected chi connectivity index (χ1v) is 14.1. The number of nitrogens with zero attached hydrogens (tertiary/aromatic N) is 3. The number of nitrogens with two attached hydrogens (primary N) is 1. The number of benzene rings is 2. The number of carbonyl (C=O) groups excluding carboxylic acids is 1. The highest BCUT2D eigenvalue weighted by Crippen LogP contribution is 2.39. The van der Waals surface area contributed by atoms with Gasteiger partial charge in [0.1, 0.15) is 11.9 Å². The third-order valence-corrected chi connectivity index (χ3v) is 8.83. The number of rotatable bonds is 5. The van der Waals surface area contributed by atoms with Crippen LogP contribution in [0.2, 0.25) is 10.0 Å². The van der Waals surface area contributed by atoms with Gasteiger partial charge in [-0.25, -0.2) is 13.2 Å². The van der Waals surface area contributed by atoms with Crippen LogP contribution in [0.4, 0.5) is 10.5 Å². The van der Waals surface area contributed by atoms with Crippen molar-refractivity contribution in [2.45, 2.75) is 18.9 Å². The van der Waals surface area contributed by atoms with Gasteiger partial charge in [0.2, 0.25) is 10.0 Å². The smallest absolute Gasteiger partial charge is 0.320 e. The largest absolute Gasteiger partial charge is 0.490 e. The van der Waals surface area contributed by atoms with Crippen LogP contribution >= 0.6 is 23.2 Å². The van der Waals surface area contributed by atoms with E-state index in [-0.39, 0.29) is 24.0 Å². The summed E-state index contributed by atoms with van der Waals surface area (Å²) in [6, 6.07) is 12.7. The highest BCUT2D eigenvalue weighted by molar-refractivity contribution is 7.88. The van der Waals surface area contributed by atoms with E-state index in [9.17, 15) is 13.2 Å². The van der Waals surface area contributed by atoms with Crippen molar-refractivity contribution in [1.82, 2.24) is 14.1 Å². The van der Waals surface area contributed by atoms with E-state index in [1.807, 2.05) is 36.1 Å². The van der Waals surface area contributed by atoms with Crippen molar-refractivity contribution in [2.75, 3.05) is 51.3 Å². The summed E-state index contributed by atoms with van der Waals surface area (Å²) in [4.78, 5) is 17.0. The Morgan fingerprint density at radius 2 is 1.66 bits per heavy atom. The number of sulfonamides is 1. The molecule has 0 spiro atoms. The summed E-state index contributed by atoms with van der Waals surface area (Å²) in [6.45, 7) is 4.34. The van der Waals surface area contributed by atoms with Gasteiger partial charge in [-0.15, -0.1) is 0 Å². The van der Waals surface area contributed by atoms with E-state index in [4.69, 9.17) is 33.7 Å². The molecule has 11 heteroatoms. The van der Waals surface area contributed by atoms with Gasteiger partial charge in [0.25, 0.3) is 0 Å². The lowest BCUT2D eigenvalue weighted by Crippen LogP contribution is -2.53. The van der Waals surface area contributed by atoms with E-state index in [1.54, 1.807) is 23.1 Å². The zero-order valence-electron chi connectivity index (χ0n) is 19.7. The Morgan fingerprint density at radius 3 is 2.26 bits per heavy atom. The number of amides is 2. The highest BCUT2D eigenvalue weighted by Gasteiger charge is 2.42. The minimum Gasteiger partial charge on any atom is -0.490 e. The Balaban J connectivity index is 1.52. The Bertz CT molecular complexity index is 1170. The van der Waals surface area contributed by atoms with Crippen molar-refractivity contribution in [3.63, 3.8) is 0 Å².